The zero-order chi connectivity index (χ0) is 15.3. The Morgan fingerprint density at radius 1 is 1.05 bits per heavy atom. The monoisotopic (exact) mass is 342 g/mol. The van der Waals surface area contributed by atoms with Crippen LogP contribution in [0.2, 0.25) is 0 Å². The van der Waals surface area contributed by atoms with Gasteiger partial charge in [0, 0.05) is 0 Å². The molecule has 7 nitrogen and oxygen atoms in total. The summed E-state index contributed by atoms with van der Waals surface area (Å²) in [5.41, 5.74) is -0.324. The molecule has 0 bridgehead atoms. The van der Waals surface area contributed by atoms with Gasteiger partial charge in [-0.2, -0.15) is 8.42 Å². The van der Waals surface area contributed by atoms with Gasteiger partial charge < -0.3 is 10.9 Å². The van der Waals surface area contributed by atoms with Crippen LogP contribution in [0, 0.1) is 0 Å². The molecule has 1 N–H and O–H groups in total. The van der Waals surface area contributed by atoms with Crippen molar-refractivity contribution >= 4 is 22.1 Å². The average Bonchev–Trinajstić information content (AvgIpc) is 2.37. The van der Waals surface area contributed by atoms with Crippen molar-refractivity contribution in [2.24, 2.45) is 0 Å². The Kier molecular flexibility index (Phi) is 8.86. The van der Waals surface area contributed by atoms with E-state index in [4.69, 9.17) is 14.0 Å². The van der Waals surface area contributed by atoms with Crippen molar-refractivity contribution in [3.05, 3.63) is 29.3 Å². The fraction of sp³-hybridized carbons (Fsp3) is 0.333. The van der Waals surface area contributed by atoms with Crippen LogP contribution >= 0.6 is 0 Å². The molecule has 0 saturated carbocycles. The van der Waals surface area contributed by atoms with Crippen LogP contribution < -0.4 is 51.4 Å². The molecule has 9 heteroatoms. The topological polar surface area (TPSA) is 107 Å². The maximum absolute atomic E-state index is 11.6. The quantitative estimate of drug-likeness (QED) is 0.390. The Hall–Kier alpha value is -0.294. The Balaban J connectivity index is 0. The number of carbonyl (C=O) groups excluding carboxylic acids is 2. The number of carbonyl (C=O) groups is 2. The summed E-state index contributed by atoms with van der Waals surface area (Å²) < 4.78 is 40.8. The fourth-order valence-electron chi connectivity index (χ4n) is 1.41. The normalized spacial score (nSPS) is 10.4. The van der Waals surface area contributed by atoms with Gasteiger partial charge in [-0.15, -0.1) is 0 Å². The molecule has 0 aromatic heterocycles. The van der Waals surface area contributed by atoms with Gasteiger partial charge in [0.1, 0.15) is 0 Å². The summed E-state index contributed by atoms with van der Waals surface area (Å²) in [4.78, 5) is 22.6. The number of ether oxygens (including phenoxy) is 2. The molecule has 21 heavy (non-hydrogen) atoms. The van der Waals surface area contributed by atoms with E-state index in [1.165, 1.54) is 0 Å². The molecule has 0 unspecified atom stereocenters. The molecule has 0 radical (unpaired) electrons. The van der Waals surface area contributed by atoms with Crippen LogP contribution in [0.1, 0.15) is 36.0 Å². The molecular formula is C12H15KO7S. The van der Waals surface area contributed by atoms with Gasteiger partial charge in [0.2, 0.25) is 0 Å². The van der Waals surface area contributed by atoms with Crippen molar-refractivity contribution in [3.8, 4) is 0 Å². The van der Waals surface area contributed by atoms with E-state index in [-0.39, 0.29) is 77.2 Å². The molecule has 112 valence electrons. The zero-order valence-corrected chi connectivity index (χ0v) is 15.9. The SMILES string of the molecule is CCOC(=O)c1cc(C(=O)OCC)cc(S(=O)(=O)O)c1.[H-].[K+]. The first-order valence-electron chi connectivity index (χ1n) is 5.76. The Labute approximate surface area is 166 Å². The van der Waals surface area contributed by atoms with E-state index in [2.05, 4.69) is 0 Å². The minimum Gasteiger partial charge on any atom is -1.00 e. The number of esters is 2. The van der Waals surface area contributed by atoms with Crippen molar-refractivity contribution in [2.45, 2.75) is 18.7 Å². The molecule has 0 aliphatic carbocycles. The van der Waals surface area contributed by atoms with E-state index in [9.17, 15) is 18.0 Å². The first kappa shape index (κ1) is 20.7. The van der Waals surface area contributed by atoms with Crippen LogP contribution in [-0.2, 0) is 19.6 Å². The maximum Gasteiger partial charge on any atom is 1.00 e. The van der Waals surface area contributed by atoms with Gasteiger partial charge in [-0.05, 0) is 32.0 Å². The first-order valence-corrected chi connectivity index (χ1v) is 7.20. The third kappa shape index (κ3) is 6.15. The molecule has 0 spiro atoms. The minimum absolute atomic E-state index is 0. The van der Waals surface area contributed by atoms with Crippen LogP contribution in [0.5, 0.6) is 0 Å². The Morgan fingerprint density at radius 2 is 1.43 bits per heavy atom. The third-order valence-electron chi connectivity index (χ3n) is 2.23. The second kappa shape index (κ2) is 8.98. The van der Waals surface area contributed by atoms with Crippen molar-refractivity contribution in [1.82, 2.24) is 0 Å². The van der Waals surface area contributed by atoms with E-state index in [1.54, 1.807) is 13.8 Å². The Bertz CT molecular complexity index is 594. The van der Waals surface area contributed by atoms with Crippen molar-refractivity contribution in [3.63, 3.8) is 0 Å². The molecule has 0 aliphatic rings. The largest absolute Gasteiger partial charge is 1.00 e. The van der Waals surface area contributed by atoms with Gasteiger partial charge in [0.05, 0.1) is 29.2 Å². The molecule has 0 saturated heterocycles. The van der Waals surface area contributed by atoms with Gasteiger partial charge in [0.25, 0.3) is 10.1 Å². The standard InChI is InChI=1S/C12H14O7S.K.H/c1-3-18-11(13)8-5-9(12(14)19-4-2)7-10(6-8)20(15,16)17;;/h5-7H,3-4H2,1-2H3,(H,15,16,17);;/q;+1;-1. The number of hydrogen-bond donors (Lipinski definition) is 1. The van der Waals surface area contributed by atoms with Gasteiger partial charge in [-0.25, -0.2) is 9.59 Å². The number of rotatable bonds is 5. The van der Waals surface area contributed by atoms with E-state index in [0.717, 1.165) is 18.2 Å². The van der Waals surface area contributed by atoms with E-state index < -0.39 is 27.0 Å². The molecule has 0 aliphatic heterocycles. The minimum atomic E-state index is -4.56. The average molecular weight is 342 g/mol. The van der Waals surface area contributed by atoms with Crippen molar-refractivity contribution in [1.29, 1.82) is 0 Å². The summed E-state index contributed by atoms with van der Waals surface area (Å²) >= 11 is 0. The summed E-state index contributed by atoms with van der Waals surface area (Å²) in [5, 5.41) is 0. The van der Waals surface area contributed by atoms with Crippen LogP contribution in [0.25, 0.3) is 0 Å². The fourth-order valence-corrected chi connectivity index (χ4v) is 1.96. The summed E-state index contributed by atoms with van der Waals surface area (Å²) in [7, 11) is -4.56. The van der Waals surface area contributed by atoms with Gasteiger partial charge >= 0.3 is 63.3 Å². The number of hydrogen-bond acceptors (Lipinski definition) is 6. The summed E-state index contributed by atoms with van der Waals surface area (Å²) in [5.74, 6) is -1.60. The maximum atomic E-state index is 11.6. The zero-order valence-electron chi connectivity index (χ0n) is 13.0. The van der Waals surface area contributed by atoms with E-state index in [0.29, 0.717) is 0 Å². The Morgan fingerprint density at radius 3 is 1.71 bits per heavy atom. The molecule has 0 amide bonds. The number of benzene rings is 1. The molecular weight excluding hydrogens is 327 g/mol. The van der Waals surface area contributed by atoms with Gasteiger partial charge in [-0.3, -0.25) is 4.55 Å². The van der Waals surface area contributed by atoms with Gasteiger partial charge in [0.15, 0.2) is 0 Å². The molecule has 1 rings (SSSR count). The molecule has 1 aromatic rings. The van der Waals surface area contributed by atoms with Crippen LogP contribution in [0.4, 0.5) is 0 Å². The summed E-state index contributed by atoms with van der Waals surface area (Å²) in [6.45, 7) is 3.33. The molecule has 0 fully saturated rings. The molecule has 1 aromatic carbocycles. The molecule has 0 atom stereocenters. The predicted molar refractivity (Wildman–Crippen MR) is 69.3 cm³/mol. The summed E-state index contributed by atoms with van der Waals surface area (Å²) in [6, 6.07) is 3.00. The van der Waals surface area contributed by atoms with Gasteiger partial charge in [-0.1, -0.05) is 0 Å². The first-order chi connectivity index (χ1) is 9.29. The van der Waals surface area contributed by atoms with Crippen molar-refractivity contribution in [2.75, 3.05) is 13.2 Å². The predicted octanol–water partition coefficient (Wildman–Crippen LogP) is -1.60. The van der Waals surface area contributed by atoms with Crippen LogP contribution in [0.15, 0.2) is 23.1 Å². The smallest absolute Gasteiger partial charge is 1.00 e. The second-order valence-electron chi connectivity index (χ2n) is 3.66. The van der Waals surface area contributed by atoms with Crippen LogP contribution in [0.3, 0.4) is 0 Å². The summed E-state index contributed by atoms with van der Waals surface area (Å²) in [6.07, 6.45) is 0. The molecule has 0 heterocycles. The second-order valence-corrected chi connectivity index (χ2v) is 5.08. The van der Waals surface area contributed by atoms with E-state index in [1.807, 2.05) is 0 Å². The van der Waals surface area contributed by atoms with Crippen molar-refractivity contribution < 1.29 is 84.8 Å². The third-order valence-corrected chi connectivity index (χ3v) is 3.06. The van der Waals surface area contributed by atoms with E-state index >= 15 is 0 Å². The van der Waals surface area contributed by atoms with Crippen LogP contribution in [-0.4, -0.2) is 38.1 Å².